The number of aryl methyl sites for hydroxylation is 1. The average molecular weight is 485 g/mol. The second-order valence-corrected chi connectivity index (χ2v) is 9.84. The molecule has 0 spiro atoms. The van der Waals surface area contributed by atoms with Gasteiger partial charge >= 0.3 is 0 Å². The molecule has 34 heavy (non-hydrogen) atoms. The molecule has 1 amide bonds. The molecule has 2 heterocycles. The lowest BCUT2D eigenvalue weighted by Crippen LogP contribution is -2.54. The lowest BCUT2D eigenvalue weighted by molar-refractivity contribution is -0.120. The number of rotatable bonds is 8. The van der Waals surface area contributed by atoms with E-state index in [2.05, 4.69) is 10.2 Å². The standard InChI is InChI=1S/C27H33ClN2O4/c1-17-11-19(15-25(33-2)27(17)34-3)24(31)14-18-12-20-7-6-8-21(13-18)30(20)16-26(32)29-23-10-5-4-9-22(23)28/h4-5,9-11,15,18,20-21H,6-8,12-14,16H2,1-3H3,(H,29,32). The van der Waals surface area contributed by atoms with Crippen molar-refractivity contribution in [3.63, 3.8) is 0 Å². The molecule has 0 aliphatic carbocycles. The summed E-state index contributed by atoms with van der Waals surface area (Å²) in [7, 11) is 3.19. The molecule has 2 aromatic carbocycles. The molecule has 2 aliphatic heterocycles. The minimum absolute atomic E-state index is 0.0414. The number of benzene rings is 2. The minimum atomic E-state index is -0.0414. The summed E-state index contributed by atoms with van der Waals surface area (Å²) in [5.41, 5.74) is 2.20. The topological polar surface area (TPSA) is 67.9 Å². The fraction of sp³-hybridized carbons (Fsp3) is 0.481. The van der Waals surface area contributed by atoms with E-state index in [0.717, 1.165) is 31.2 Å². The number of nitrogens with one attached hydrogen (secondary N) is 1. The van der Waals surface area contributed by atoms with Gasteiger partial charge in [-0.05, 0) is 68.4 Å². The Morgan fingerprint density at radius 1 is 1.09 bits per heavy atom. The smallest absolute Gasteiger partial charge is 0.238 e. The van der Waals surface area contributed by atoms with Crippen molar-refractivity contribution >= 4 is 29.0 Å². The Balaban J connectivity index is 1.39. The summed E-state index contributed by atoms with van der Waals surface area (Å²) in [5.74, 6) is 1.66. The number of hydrogen-bond acceptors (Lipinski definition) is 5. The van der Waals surface area contributed by atoms with Crippen LogP contribution in [-0.4, -0.2) is 49.4 Å². The number of anilines is 1. The van der Waals surface area contributed by atoms with Gasteiger partial charge in [0.25, 0.3) is 0 Å². The highest BCUT2D eigenvalue weighted by Crippen LogP contribution is 2.39. The van der Waals surface area contributed by atoms with Gasteiger partial charge in [0.2, 0.25) is 5.91 Å². The number of carbonyl (C=O) groups excluding carboxylic acids is 2. The number of fused-ring (bicyclic) bond motifs is 2. The monoisotopic (exact) mass is 484 g/mol. The van der Waals surface area contributed by atoms with Gasteiger partial charge in [-0.15, -0.1) is 0 Å². The molecule has 2 aromatic rings. The third kappa shape index (κ3) is 5.39. The second kappa shape index (κ2) is 10.8. The van der Waals surface area contributed by atoms with E-state index in [-0.39, 0.29) is 11.7 Å². The predicted molar refractivity (Wildman–Crippen MR) is 134 cm³/mol. The van der Waals surface area contributed by atoms with Crippen LogP contribution in [0.1, 0.15) is 54.4 Å². The van der Waals surface area contributed by atoms with Crippen molar-refractivity contribution in [3.8, 4) is 11.5 Å². The minimum Gasteiger partial charge on any atom is -0.493 e. The Morgan fingerprint density at radius 2 is 1.79 bits per heavy atom. The van der Waals surface area contributed by atoms with Gasteiger partial charge in [0, 0.05) is 24.1 Å². The molecule has 4 rings (SSSR count). The zero-order valence-electron chi connectivity index (χ0n) is 20.1. The average Bonchev–Trinajstić information content (AvgIpc) is 2.80. The van der Waals surface area contributed by atoms with Gasteiger partial charge in [0.1, 0.15) is 0 Å². The van der Waals surface area contributed by atoms with E-state index in [1.165, 1.54) is 6.42 Å². The summed E-state index contributed by atoms with van der Waals surface area (Å²) in [6.45, 7) is 2.28. The lowest BCUT2D eigenvalue weighted by atomic mass is 9.76. The van der Waals surface area contributed by atoms with Crippen LogP contribution in [0.2, 0.25) is 5.02 Å². The summed E-state index contributed by atoms with van der Waals surface area (Å²) in [5, 5.41) is 3.49. The molecule has 2 fully saturated rings. The molecular weight excluding hydrogens is 452 g/mol. The number of carbonyl (C=O) groups is 2. The Hall–Kier alpha value is -2.57. The van der Waals surface area contributed by atoms with E-state index in [0.29, 0.717) is 58.7 Å². The van der Waals surface area contributed by atoms with E-state index in [1.54, 1.807) is 26.4 Å². The first kappa shape index (κ1) is 24.6. The van der Waals surface area contributed by atoms with Gasteiger partial charge in [-0.2, -0.15) is 0 Å². The van der Waals surface area contributed by atoms with Crippen LogP contribution in [0.15, 0.2) is 36.4 Å². The van der Waals surface area contributed by atoms with Gasteiger partial charge in [-0.1, -0.05) is 30.2 Å². The highest BCUT2D eigenvalue weighted by atomic mass is 35.5. The van der Waals surface area contributed by atoms with Crippen molar-refractivity contribution in [1.82, 2.24) is 4.90 Å². The largest absolute Gasteiger partial charge is 0.493 e. The van der Waals surface area contributed by atoms with Crippen molar-refractivity contribution in [2.75, 3.05) is 26.1 Å². The summed E-state index contributed by atoms with van der Waals surface area (Å²) in [6, 6.07) is 11.6. The molecule has 2 bridgehead atoms. The van der Waals surface area contributed by atoms with E-state index in [4.69, 9.17) is 21.1 Å². The van der Waals surface area contributed by atoms with Crippen molar-refractivity contribution in [3.05, 3.63) is 52.5 Å². The Labute approximate surface area is 206 Å². The fourth-order valence-electron chi connectivity index (χ4n) is 5.63. The van der Waals surface area contributed by atoms with Crippen LogP contribution in [0.3, 0.4) is 0 Å². The maximum absolute atomic E-state index is 13.2. The molecule has 2 atom stereocenters. The molecule has 2 saturated heterocycles. The zero-order chi connectivity index (χ0) is 24.2. The Morgan fingerprint density at radius 3 is 2.44 bits per heavy atom. The quantitative estimate of drug-likeness (QED) is 0.500. The van der Waals surface area contributed by atoms with Crippen LogP contribution < -0.4 is 14.8 Å². The first-order valence-corrected chi connectivity index (χ1v) is 12.3. The van der Waals surface area contributed by atoms with Gasteiger partial charge < -0.3 is 14.8 Å². The van der Waals surface area contributed by atoms with Crippen molar-refractivity contribution in [2.45, 2.75) is 57.5 Å². The van der Waals surface area contributed by atoms with Crippen LogP contribution >= 0.6 is 11.6 Å². The van der Waals surface area contributed by atoms with E-state index in [9.17, 15) is 9.59 Å². The molecular formula is C27H33ClN2O4. The van der Waals surface area contributed by atoms with E-state index < -0.39 is 0 Å². The number of Topliss-reactive ketones (excluding diaryl/α,β-unsaturated/α-hetero) is 1. The number of methoxy groups -OCH3 is 2. The lowest BCUT2D eigenvalue weighted by Gasteiger charge is -2.48. The van der Waals surface area contributed by atoms with Crippen LogP contribution in [-0.2, 0) is 4.79 Å². The van der Waals surface area contributed by atoms with Gasteiger partial charge in [-0.3, -0.25) is 14.5 Å². The molecule has 2 unspecified atom stereocenters. The maximum atomic E-state index is 13.2. The SMILES string of the molecule is COc1cc(C(=O)CC2CC3CCCC(C2)N3CC(=O)Nc2ccccc2Cl)cc(C)c1OC. The molecule has 0 saturated carbocycles. The van der Waals surface area contributed by atoms with Gasteiger partial charge in [0.15, 0.2) is 17.3 Å². The van der Waals surface area contributed by atoms with Gasteiger partial charge in [0.05, 0.1) is 31.5 Å². The van der Waals surface area contributed by atoms with Crippen LogP contribution in [0.4, 0.5) is 5.69 Å². The van der Waals surface area contributed by atoms with Crippen LogP contribution in [0, 0.1) is 12.8 Å². The second-order valence-electron chi connectivity index (χ2n) is 9.43. The number of amides is 1. The molecule has 7 heteroatoms. The highest BCUT2D eigenvalue weighted by molar-refractivity contribution is 6.33. The predicted octanol–water partition coefficient (Wildman–Crippen LogP) is 5.51. The summed E-state index contributed by atoms with van der Waals surface area (Å²) >= 11 is 6.20. The van der Waals surface area contributed by atoms with Crippen LogP contribution in [0.25, 0.3) is 0 Å². The first-order chi connectivity index (χ1) is 16.4. The summed E-state index contributed by atoms with van der Waals surface area (Å²) in [4.78, 5) is 28.3. The highest BCUT2D eigenvalue weighted by Gasteiger charge is 2.39. The number of ketones is 1. The number of hydrogen-bond donors (Lipinski definition) is 1. The molecule has 6 nitrogen and oxygen atoms in total. The molecule has 2 aliphatic rings. The number of piperidine rings is 2. The Bertz CT molecular complexity index is 1040. The van der Waals surface area contributed by atoms with Crippen molar-refractivity contribution in [2.24, 2.45) is 5.92 Å². The number of ether oxygens (including phenoxy) is 2. The maximum Gasteiger partial charge on any atom is 0.238 e. The van der Waals surface area contributed by atoms with E-state index >= 15 is 0 Å². The number of para-hydroxylation sites is 1. The first-order valence-electron chi connectivity index (χ1n) is 12.0. The molecule has 1 N–H and O–H groups in total. The zero-order valence-corrected chi connectivity index (χ0v) is 20.9. The molecule has 0 radical (unpaired) electrons. The third-order valence-corrected chi connectivity index (χ3v) is 7.49. The van der Waals surface area contributed by atoms with E-state index in [1.807, 2.05) is 31.2 Å². The van der Waals surface area contributed by atoms with Gasteiger partial charge in [-0.25, -0.2) is 0 Å². The molecule has 182 valence electrons. The fourth-order valence-corrected chi connectivity index (χ4v) is 5.81. The Kier molecular flexibility index (Phi) is 7.79. The number of nitrogens with zero attached hydrogens (tertiary/aromatic N) is 1. The van der Waals surface area contributed by atoms with Crippen molar-refractivity contribution in [1.29, 1.82) is 0 Å². The molecule has 0 aromatic heterocycles. The number of halogens is 1. The normalized spacial score (nSPS) is 22.2. The summed E-state index contributed by atoms with van der Waals surface area (Å²) < 4.78 is 10.8. The van der Waals surface area contributed by atoms with Crippen LogP contribution in [0.5, 0.6) is 11.5 Å². The third-order valence-electron chi connectivity index (χ3n) is 7.16. The summed E-state index contributed by atoms with van der Waals surface area (Å²) in [6.07, 6.45) is 5.70. The van der Waals surface area contributed by atoms with Crippen molar-refractivity contribution < 1.29 is 19.1 Å².